The summed E-state index contributed by atoms with van der Waals surface area (Å²) in [4.78, 5) is 30.4. The number of rotatable bonds is 6. The van der Waals surface area contributed by atoms with E-state index in [4.69, 9.17) is 9.97 Å². The molecule has 8 heteroatoms. The zero-order chi connectivity index (χ0) is 23.3. The molecule has 2 aliphatic rings. The number of carbonyl (C=O) groups excluding carboxylic acids is 1. The van der Waals surface area contributed by atoms with Gasteiger partial charge in [0, 0.05) is 61.1 Å². The summed E-state index contributed by atoms with van der Waals surface area (Å²) in [6.07, 6.45) is 8.29. The van der Waals surface area contributed by atoms with Gasteiger partial charge in [0.2, 0.25) is 11.9 Å². The maximum Gasteiger partial charge on any atom is 0.224 e. The lowest BCUT2D eigenvalue weighted by Crippen LogP contribution is -2.42. The van der Waals surface area contributed by atoms with Crippen LogP contribution in [0.15, 0.2) is 54.9 Å². The molecule has 0 unspecified atom stereocenters. The Bertz CT molecular complexity index is 1130. The van der Waals surface area contributed by atoms with E-state index in [1.807, 2.05) is 41.6 Å². The van der Waals surface area contributed by atoms with Gasteiger partial charge in [0.15, 0.2) is 0 Å². The standard InChI is InChI=1S/C26H29BrN6O/c27-12-8-25(34)32-15-10-21(11-16-32)30-26-28-13-9-24(31-26)33-14-4-7-20-18-29-22(17-23(20)33)19-5-2-1-3-6-19/h1-3,5-6,9,13,17-18,21H,4,7-8,10-12,14-16H2,(H,28,30,31). The summed E-state index contributed by atoms with van der Waals surface area (Å²) in [6.45, 7) is 2.46. The van der Waals surface area contributed by atoms with Gasteiger partial charge in [-0.2, -0.15) is 4.98 Å². The van der Waals surface area contributed by atoms with E-state index < -0.39 is 0 Å². The molecule has 1 amide bonds. The summed E-state index contributed by atoms with van der Waals surface area (Å²) in [5.74, 6) is 1.77. The number of halogens is 1. The molecule has 5 rings (SSSR count). The third-order valence-electron chi connectivity index (χ3n) is 6.56. The Labute approximate surface area is 208 Å². The molecule has 0 spiro atoms. The van der Waals surface area contributed by atoms with Gasteiger partial charge in [0.1, 0.15) is 5.82 Å². The highest BCUT2D eigenvalue weighted by Crippen LogP contribution is 2.35. The van der Waals surface area contributed by atoms with Crippen LogP contribution in [0.5, 0.6) is 0 Å². The number of nitrogens with one attached hydrogen (secondary N) is 1. The van der Waals surface area contributed by atoms with E-state index in [0.29, 0.717) is 17.7 Å². The molecule has 0 saturated carbocycles. The molecular formula is C26H29BrN6O. The van der Waals surface area contributed by atoms with E-state index in [-0.39, 0.29) is 11.9 Å². The topological polar surface area (TPSA) is 74.2 Å². The number of hydrogen-bond acceptors (Lipinski definition) is 6. The molecule has 3 aromatic rings. The summed E-state index contributed by atoms with van der Waals surface area (Å²) in [5, 5.41) is 4.22. The second-order valence-electron chi connectivity index (χ2n) is 8.80. The van der Waals surface area contributed by atoms with Crippen LogP contribution in [-0.2, 0) is 11.2 Å². The van der Waals surface area contributed by atoms with Crippen LogP contribution in [-0.4, -0.2) is 56.8 Å². The van der Waals surface area contributed by atoms with Gasteiger partial charge in [-0.3, -0.25) is 9.78 Å². The highest BCUT2D eigenvalue weighted by molar-refractivity contribution is 9.09. The van der Waals surface area contributed by atoms with E-state index in [2.05, 4.69) is 49.3 Å². The Morgan fingerprint density at radius 3 is 2.71 bits per heavy atom. The van der Waals surface area contributed by atoms with Crippen molar-refractivity contribution in [3.05, 3.63) is 60.4 Å². The van der Waals surface area contributed by atoms with E-state index >= 15 is 0 Å². The number of carbonyl (C=O) groups is 1. The Kier molecular flexibility index (Phi) is 7.04. The Morgan fingerprint density at radius 1 is 1.09 bits per heavy atom. The van der Waals surface area contributed by atoms with Crippen LogP contribution in [0.2, 0.25) is 0 Å². The maximum absolute atomic E-state index is 12.1. The zero-order valence-corrected chi connectivity index (χ0v) is 20.7. The van der Waals surface area contributed by atoms with Gasteiger partial charge in [-0.1, -0.05) is 46.3 Å². The molecule has 4 heterocycles. The number of fused-ring (bicyclic) bond motifs is 1. The Balaban J connectivity index is 1.31. The number of benzene rings is 1. The van der Waals surface area contributed by atoms with Crippen molar-refractivity contribution in [3.63, 3.8) is 0 Å². The van der Waals surface area contributed by atoms with Gasteiger partial charge in [-0.25, -0.2) is 4.98 Å². The van der Waals surface area contributed by atoms with Crippen LogP contribution in [0.1, 0.15) is 31.2 Å². The maximum atomic E-state index is 12.1. The second-order valence-corrected chi connectivity index (χ2v) is 9.59. The smallest absolute Gasteiger partial charge is 0.224 e. The molecule has 0 bridgehead atoms. The lowest BCUT2D eigenvalue weighted by atomic mass is 10.0. The van der Waals surface area contributed by atoms with Gasteiger partial charge in [-0.05, 0) is 43.4 Å². The Morgan fingerprint density at radius 2 is 1.91 bits per heavy atom. The minimum atomic E-state index is 0.224. The molecule has 1 fully saturated rings. The van der Waals surface area contributed by atoms with Crippen LogP contribution in [0.3, 0.4) is 0 Å². The number of alkyl halides is 1. The second kappa shape index (κ2) is 10.5. The van der Waals surface area contributed by atoms with Crippen LogP contribution >= 0.6 is 15.9 Å². The van der Waals surface area contributed by atoms with E-state index in [1.54, 1.807) is 0 Å². The number of hydrogen-bond donors (Lipinski definition) is 1. The lowest BCUT2D eigenvalue weighted by molar-refractivity contribution is -0.131. The van der Waals surface area contributed by atoms with E-state index in [0.717, 1.165) is 62.4 Å². The molecular weight excluding hydrogens is 492 g/mol. The Hall–Kier alpha value is -3.00. The SMILES string of the molecule is O=C(CCBr)N1CCC(Nc2nccc(N3CCCc4cnc(-c5ccccc5)cc43)n2)CC1. The number of nitrogens with zero attached hydrogens (tertiary/aromatic N) is 5. The van der Waals surface area contributed by atoms with Crippen molar-refractivity contribution < 1.29 is 4.79 Å². The summed E-state index contributed by atoms with van der Waals surface area (Å²) in [7, 11) is 0. The molecule has 1 N–H and O–H groups in total. The monoisotopic (exact) mass is 520 g/mol. The third-order valence-corrected chi connectivity index (χ3v) is 6.95. The first kappa shape index (κ1) is 22.8. The fraction of sp³-hybridized carbons (Fsp3) is 0.385. The molecule has 34 heavy (non-hydrogen) atoms. The highest BCUT2D eigenvalue weighted by Gasteiger charge is 2.24. The average Bonchev–Trinajstić information content (AvgIpc) is 2.89. The highest BCUT2D eigenvalue weighted by atomic mass is 79.9. The van der Waals surface area contributed by atoms with Crippen molar-refractivity contribution in [1.82, 2.24) is 19.9 Å². The zero-order valence-electron chi connectivity index (χ0n) is 19.2. The third kappa shape index (κ3) is 5.06. The van der Waals surface area contributed by atoms with Crippen LogP contribution < -0.4 is 10.2 Å². The number of aryl methyl sites for hydroxylation is 1. The minimum Gasteiger partial charge on any atom is -0.351 e. The predicted molar refractivity (Wildman–Crippen MR) is 139 cm³/mol. The van der Waals surface area contributed by atoms with Crippen LogP contribution in [0.4, 0.5) is 17.5 Å². The van der Waals surface area contributed by atoms with Gasteiger partial charge in [0.25, 0.3) is 0 Å². The molecule has 7 nitrogen and oxygen atoms in total. The molecule has 176 valence electrons. The normalized spacial score (nSPS) is 16.3. The molecule has 1 aromatic carbocycles. The van der Waals surface area contributed by atoms with E-state index in [9.17, 15) is 4.79 Å². The summed E-state index contributed by atoms with van der Waals surface area (Å²) in [6, 6.07) is 14.7. The fourth-order valence-electron chi connectivity index (χ4n) is 4.73. The summed E-state index contributed by atoms with van der Waals surface area (Å²) < 4.78 is 0. The van der Waals surface area contributed by atoms with Crippen molar-refractivity contribution in [1.29, 1.82) is 0 Å². The first-order valence-corrected chi connectivity index (χ1v) is 13.1. The number of amides is 1. The van der Waals surface area contributed by atoms with Crippen molar-refractivity contribution in [2.24, 2.45) is 0 Å². The number of piperidine rings is 1. The van der Waals surface area contributed by atoms with Crippen molar-refractivity contribution in [3.8, 4) is 11.3 Å². The van der Waals surface area contributed by atoms with Gasteiger partial charge in [0.05, 0.1) is 5.69 Å². The first-order valence-electron chi connectivity index (χ1n) is 12.0. The number of pyridine rings is 1. The fourth-order valence-corrected chi connectivity index (χ4v) is 5.07. The van der Waals surface area contributed by atoms with E-state index in [1.165, 1.54) is 11.3 Å². The molecule has 2 aromatic heterocycles. The molecule has 2 aliphatic heterocycles. The molecule has 0 atom stereocenters. The van der Waals surface area contributed by atoms with Crippen molar-refractivity contribution in [2.75, 3.05) is 35.2 Å². The van der Waals surface area contributed by atoms with Crippen molar-refractivity contribution >= 4 is 39.3 Å². The largest absolute Gasteiger partial charge is 0.351 e. The first-order chi connectivity index (χ1) is 16.7. The summed E-state index contributed by atoms with van der Waals surface area (Å²) in [5.41, 5.74) is 4.50. The number of likely N-dealkylation sites (tertiary alicyclic amines) is 1. The number of anilines is 3. The molecule has 0 radical (unpaired) electrons. The summed E-state index contributed by atoms with van der Waals surface area (Å²) >= 11 is 3.35. The van der Waals surface area contributed by atoms with Crippen LogP contribution in [0, 0.1) is 0 Å². The number of aromatic nitrogens is 3. The minimum absolute atomic E-state index is 0.224. The van der Waals surface area contributed by atoms with Crippen molar-refractivity contribution in [2.45, 2.75) is 38.1 Å². The van der Waals surface area contributed by atoms with Gasteiger partial charge in [-0.15, -0.1) is 0 Å². The van der Waals surface area contributed by atoms with Gasteiger partial charge < -0.3 is 15.1 Å². The lowest BCUT2D eigenvalue weighted by Gasteiger charge is -2.33. The molecule has 0 aliphatic carbocycles. The molecule has 1 saturated heterocycles. The quantitative estimate of drug-likeness (QED) is 0.470. The average molecular weight is 521 g/mol. The predicted octanol–water partition coefficient (Wildman–Crippen LogP) is 4.81. The van der Waals surface area contributed by atoms with Crippen LogP contribution in [0.25, 0.3) is 11.3 Å². The van der Waals surface area contributed by atoms with Gasteiger partial charge >= 0.3 is 0 Å².